The highest BCUT2D eigenvalue weighted by Crippen LogP contribution is 2.14. The molecule has 2 atom stereocenters. The Kier molecular flexibility index (Phi) is 5.62. The number of phenolic OH excluding ortho intramolecular Hbond substituents is 1. The van der Waals surface area contributed by atoms with E-state index in [0.29, 0.717) is 24.3 Å². The van der Waals surface area contributed by atoms with Crippen molar-refractivity contribution in [2.45, 2.75) is 51.6 Å². The lowest BCUT2D eigenvalue weighted by molar-refractivity contribution is -0.129. The Morgan fingerprint density at radius 3 is 2.81 bits per heavy atom. The van der Waals surface area contributed by atoms with E-state index < -0.39 is 0 Å². The first-order valence-corrected chi connectivity index (χ1v) is 7.90. The molecule has 0 spiro atoms. The van der Waals surface area contributed by atoms with Gasteiger partial charge in [0.1, 0.15) is 5.75 Å². The van der Waals surface area contributed by atoms with Crippen LogP contribution in [0.5, 0.6) is 5.75 Å². The van der Waals surface area contributed by atoms with Crippen molar-refractivity contribution < 1.29 is 9.90 Å². The van der Waals surface area contributed by atoms with Crippen molar-refractivity contribution >= 4 is 5.91 Å². The number of rotatable bonds is 6. The van der Waals surface area contributed by atoms with Gasteiger partial charge in [0.25, 0.3) is 0 Å². The van der Waals surface area contributed by atoms with Crippen molar-refractivity contribution in [2.75, 3.05) is 13.1 Å². The van der Waals surface area contributed by atoms with Gasteiger partial charge in [-0.2, -0.15) is 0 Å². The van der Waals surface area contributed by atoms with Gasteiger partial charge in [-0.05, 0) is 43.9 Å². The Morgan fingerprint density at radius 1 is 1.43 bits per heavy atom. The van der Waals surface area contributed by atoms with Crippen LogP contribution >= 0.6 is 0 Å². The fourth-order valence-electron chi connectivity index (χ4n) is 2.88. The van der Waals surface area contributed by atoms with E-state index in [-0.39, 0.29) is 5.91 Å². The van der Waals surface area contributed by atoms with E-state index in [0.717, 1.165) is 32.4 Å². The standard InChI is InChI=1S/C17H26N2O2/c1-3-17(21)19-11-10-15(12-19)18-13(2)4-5-14-6-8-16(20)9-7-14/h6-9,13,15,18,20H,3-5,10-12H2,1-2H3. The molecule has 1 heterocycles. The zero-order chi connectivity index (χ0) is 15.2. The topological polar surface area (TPSA) is 52.6 Å². The molecule has 0 aromatic heterocycles. The molecule has 0 aliphatic carbocycles. The summed E-state index contributed by atoms with van der Waals surface area (Å²) in [6, 6.07) is 8.27. The summed E-state index contributed by atoms with van der Waals surface area (Å²) in [4.78, 5) is 13.6. The van der Waals surface area contributed by atoms with Gasteiger partial charge in [0.05, 0.1) is 0 Å². The van der Waals surface area contributed by atoms with Gasteiger partial charge in [-0.1, -0.05) is 19.1 Å². The smallest absolute Gasteiger partial charge is 0.222 e. The second-order valence-electron chi connectivity index (χ2n) is 5.95. The van der Waals surface area contributed by atoms with Gasteiger partial charge in [-0.3, -0.25) is 4.79 Å². The fraction of sp³-hybridized carbons (Fsp3) is 0.588. The lowest BCUT2D eigenvalue weighted by Gasteiger charge is -2.20. The van der Waals surface area contributed by atoms with Crippen molar-refractivity contribution in [3.63, 3.8) is 0 Å². The van der Waals surface area contributed by atoms with Crippen molar-refractivity contribution in [3.8, 4) is 5.75 Å². The predicted molar refractivity (Wildman–Crippen MR) is 84.3 cm³/mol. The Labute approximate surface area is 127 Å². The number of nitrogens with one attached hydrogen (secondary N) is 1. The van der Waals surface area contributed by atoms with E-state index in [9.17, 15) is 9.90 Å². The summed E-state index contributed by atoms with van der Waals surface area (Å²) in [5.74, 6) is 0.576. The third-order valence-electron chi connectivity index (χ3n) is 4.17. The average molecular weight is 290 g/mol. The first-order chi connectivity index (χ1) is 10.1. The van der Waals surface area contributed by atoms with Gasteiger partial charge < -0.3 is 15.3 Å². The molecule has 2 rings (SSSR count). The van der Waals surface area contributed by atoms with Crippen LogP contribution in [0.25, 0.3) is 0 Å². The molecular formula is C17H26N2O2. The Bertz CT molecular complexity index is 458. The minimum atomic E-state index is 0.260. The molecule has 1 saturated heterocycles. The second-order valence-corrected chi connectivity index (χ2v) is 5.95. The molecule has 0 radical (unpaired) electrons. The maximum atomic E-state index is 11.7. The lowest BCUT2D eigenvalue weighted by Crippen LogP contribution is -2.39. The van der Waals surface area contributed by atoms with E-state index >= 15 is 0 Å². The molecule has 21 heavy (non-hydrogen) atoms. The number of phenols is 1. The molecule has 1 aliphatic heterocycles. The first-order valence-electron chi connectivity index (χ1n) is 7.90. The number of hydrogen-bond acceptors (Lipinski definition) is 3. The summed E-state index contributed by atoms with van der Waals surface area (Å²) in [5, 5.41) is 12.9. The van der Waals surface area contributed by atoms with E-state index in [1.807, 2.05) is 24.0 Å². The molecule has 1 amide bonds. The van der Waals surface area contributed by atoms with Gasteiger partial charge in [-0.15, -0.1) is 0 Å². The van der Waals surface area contributed by atoms with E-state index in [2.05, 4.69) is 12.2 Å². The van der Waals surface area contributed by atoms with Crippen LogP contribution < -0.4 is 5.32 Å². The van der Waals surface area contributed by atoms with Crippen molar-refractivity contribution in [2.24, 2.45) is 0 Å². The number of carbonyl (C=O) groups excluding carboxylic acids is 1. The summed E-state index contributed by atoms with van der Waals surface area (Å²) < 4.78 is 0. The number of aromatic hydroxyl groups is 1. The fourth-order valence-corrected chi connectivity index (χ4v) is 2.88. The van der Waals surface area contributed by atoms with Crippen LogP contribution in [0.2, 0.25) is 0 Å². The maximum Gasteiger partial charge on any atom is 0.222 e. The zero-order valence-electron chi connectivity index (χ0n) is 13.0. The summed E-state index contributed by atoms with van der Waals surface area (Å²) in [6.07, 6.45) is 3.71. The third kappa shape index (κ3) is 4.74. The van der Waals surface area contributed by atoms with Crippen LogP contribution in [0.4, 0.5) is 0 Å². The van der Waals surface area contributed by atoms with Crippen LogP contribution in [0, 0.1) is 0 Å². The van der Waals surface area contributed by atoms with Crippen LogP contribution in [0.3, 0.4) is 0 Å². The van der Waals surface area contributed by atoms with Gasteiger partial charge in [0.2, 0.25) is 5.91 Å². The molecule has 1 fully saturated rings. The molecule has 4 nitrogen and oxygen atoms in total. The van der Waals surface area contributed by atoms with Crippen LogP contribution in [0.15, 0.2) is 24.3 Å². The van der Waals surface area contributed by atoms with Crippen LogP contribution in [0.1, 0.15) is 38.7 Å². The monoisotopic (exact) mass is 290 g/mol. The lowest BCUT2D eigenvalue weighted by atomic mass is 10.1. The highest BCUT2D eigenvalue weighted by molar-refractivity contribution is 5.76. The number of benzene rings is 1. The van der Waals surface area contributed by atoms with Gasteiger partial charge in [0, 0.05) is 31.6 Å². The van der Waals surface area contributed by atoms with Gasteiger partial charge in [0.15, 0.2) is 0 Å². The van der Waals surface area contributed by atoms with E-state index in [4.69, 9.17) is 0 Å². The molecule has 1 aromatic rings. The molecular weight excluding hydrogens is 264 g/mol. The van der Waals surface area contributed by atoms with Crippen molar-refractivity contribution in [1.82, 2.24) is 10.2 Å². The number of likely N-dealkylation sites (tertiary alicyclic amines) is 1. The quantitative estimate of drug-likeness (QED) is 0.845. The zero-order valence-corrected chi connectivity index (χ0v) is 13.0. The van der Waals surface area contributed by atoms with E-state index in [1.165, 1.54) is 5.56 Å². The Hall–Kier alpha value is -1.55. The normalized spacial score (nSPS) is 19.7. The molecule has 4 heteroatoms. The number of amides is 1. The predicted octanol–water partition coefficient (Wildman–Crippen LogP) is 2.31. The Morgan fingerprint density at radius 2 is 2.14 bits per heavy atom. The summed E-state index contributed by atoms with van der Waals surface area (Å²) in [6.45, 7) is 5.85. The minimum absolute atomic E-state index is 0.260. The first kappa shape index (κ1) is 15.8. The number of nitrogens with zero attached hydrogens (tertiary/aromatic N) is 1. The number of hydrogen-bond donors (Lipinski definition) is 2. The number of carbonyl (C=O) groups is 1. The number of aryl methyl sites for hydroxylation is 1. The second kappa shape index (κ2) is 7.46. The molecule has 2 N–H and O–H groups in total. The minimum Gasteiger partial charge on any atom is -0.508 e. The summed E-state index contributed by atoms with van der Waals surface area (Å²) in [7, 11) is 0. The molecule has 0 saturated carbocycles. The summed E-state index contributed by atoms with van der Waals surface area (Å²) >= 11 is 0. The summed E-state index contributed by atoms with van der Waals surface area (Å²) in [5.41, 5.74) is 1.25. The molecule has 0 bridgehead atoms. The molecule has 2 unspecified atom stereocenters. The molecule has 1 aliphatic rings. The third-order valence-corrected chi connectivity index (χ3v) is 4.17. The van der Waals surface area contributed by atoms with E-state index in [1.54, 1.807) is 12.1 Å². The Balaban J connectivity index is 1.71. The SMILES string of the molecule is CCC(=O)N1CCC(NC(C)CCc2ccc(O)cc2)C1. The molecule has 1 aromatic carbocycles. The van der Waals surface area contributed by atoms with Crippen molar-refractivity contribution in [1.29, 1.82) is 0 Å². The average Bonchev–Trinajstić information content (AvgIpc) is 2.94. The largest absolute Gasteiger partial charge is 0.508 e. The van der Waals surface area contributed by atoms with Crippen molar-refractivity contribution in [3.05, 3.63) is 29.8 Å². The van der Waals surface area contributed by atoms with Crippen LogP contribution in [-0.2, 0) is 11.2 Å². The maximum absolute atomic E-state index is 11.7. The van der Waals surface area contributed by atoms with Crippen LogP contribution in [-0.4, -0.2) is 41.1 Å². The van der Waals surface area contributed by atoms with Gasteiger partial charge >= 0.3 is 0 Å². The highest BCUT2D eigenvalue weighted by Gasteiger charge is 2.25. The highest BCUT2D eigenvalue weighted by atomic mass is 16.3. The molecule has 116 valence electrons. The van der Waals surface area contributed by atoms with Gasteiger partial charge in [-0.25, -0.2) is 0 Å².